The zero-order valence-corrected chi connectivity index (χ0v) is 10.9. The largest absolute Gasteiger partial charge is 0.423 e. The van der Waals surface area contributed by atoms with Gasteiger partial charge in [0.2, 0.25) is 0 Å². The van der Waals surface area contributed by atoms with E-state index in [-0.39, 0.29) is 11.3 Å². The Morgan fingerprint density at radius 3 is 2.12 bits per heavy atom. The van der Waals surface area contributed by atoms with Gasteiger partial charge in [0.25, 0.3) is 5.69 Å². The van der Waals surface area contributed by atoms with E-state index in [4.69, 9.17) is 11.6 Å². The van der Waals surface area contributed by atoms with Gasteiger partial charge in [-0.2, -0.15) is 13.2 Å². The van der Waals surface area contributed by atoms with Gasteiger partial charge in [0.15, 0.2) is 0 Å². The van der Waals surface area contributed by atoms with Crippen LogP contribution in [0.15, 0.2) is 27.8 Å². The van der Waals surface area contributed by atoms with Crippen LogP contribution < -0.4 is 0 Å². The number of allylic oxidation sites excluding steroid dienone is 1. The highest BCUT2D eigenvalue weighted by Crippen LogP contribution is 2.39. The van der Waals surface area contributed by atoms with E-state index in [0.29, 0.717) is 0 Å². The lowest BCUT2D eigenvalue weighted by atomic mass is 10.2. The number of hydrogen-bond acceptors (Lipinski definition) is 2. The van der Waals surface area contributed by atoms with Gasteiger partial charge in [0.1, 0.15) is 3.58 Å². The Balaban J connectivity index is 3.14. The van der Waals surface area contributed by atoms with E-state index in [2.05, 4.69) is 0 Å². The average Bonchev–Trinajstić information content (AvgIpc) is 2.26. The molecule has 0 spiro atoms. The smallest absolute Gasteiger partial charge is 0.258 e. The zero-order valence-electron chi connectivity index (χ0n) is 7.96. The molecule has 0 aliphatic rings. The molecule has 0 radical (unpaired) electrons. The van der Waals surface area contributed by atoms with Gasteiger partial charge in [-0.25, -0.2) is 0 Å². The van der Waals surface area contributed by atoms with Crippen molar-refractivity contribution in [2.24, 2.45) is 0 Å². The first kappa shape index (κ1) is 14.2. The number of halogens is 5. The summed E-state index contributed by atoms with van der Waals surface area (Å²) in [5.41, 5.74) is -0.126. The fourth-order valence-corrected chi connectivity index (χ4v) is 1.53. The number of benzene rings is 1. The monoisotopic (exact) mass is 377 g/mol. The molecule has 17 heavy (non-hydrogen) atoms. The first-order valence-electron chi connectivity index (χ1n) is 4.11. The maximum absolute atomic E-state index is 12.3. The molecule has 0 heterocycles. The van der Waals surface area contributed by atoms with Gasteiger partial charge >= 0.3 is 6.18 Å². The predicted molar refractivity (Wildman–Crippen MR) is 65.9 cm³/mol. The van der Waals surface area contributed by atoms with Crippen LogP contribution in [-0.4, -0.2) is 11.1 Å². The third-order valence-corrected chi connectivity index (χ3v) is 3.65. The summed E-state index contributed by atoms with van der Waals surface area (Å²) in [6.07, 6.45) is -4.53. The van der Waals surface area contributed by atoms with Gasteiger partial charge in [0, 0.05) is 12.1 Å². The molecular weight excluding hydrogens is 373 g/mol. The quantitative estimate of drug-likeness (QED) is 0.433. The number of nitro benzene ring substituents is 1. The van der Waals surface area contributed by atoms with Gasteiger partial charge in [-0.05, 0) is 40.3 Å². The van der Waals surface area contributed by atoms with E-state index >= 15 is 0 Å². The lowest BCUT2D eigenvalue weighted by Crippen LogP contribution is -2.07. The molecule has 1 aromatic carbocycles. The average molecular weight is 377 g/mol. The van der Waals surface area contributed by atoms with E-state index < -0.39 is 19.7 Å². The second kappa shape index (κ2) is 5.21. The fourth-order valence-electron chi connectivity index (χ4n) is 0.981. The Kier molecular flexibility index (Phi) is 4.36. The Bertz CT molecular complexity index is 470. The highest BCUT2D eigenvalue weighted by molar-refractivity contribution is 14.1. The van der Waals surface area contributed by atoms with Crippen LogP contribution in [0.5, 0.6) is 0 Å². The minimum atomic E-state index is -4.53. The van der Waals surface area contributed by atoms with E-state index in [9.17, 15) is 23.3 Å². The first-order chi connectivity index (χ1) is 7.73. The summed E-state index contributed by atoms with van der Waals surface area (Å²) < 4.78 is 36.0. The Morgan fingerprint density at radius 1 is 1.29 bits per heavy atom. The molecule has 0 saturated carbocycles. The normalized spacial score (nSPS) is 13.2. The summed E-state index contributed by atoms with van der Waals surface area (Å²) >= 11 is 6.64. The highest BCUT2D eigenvalue weighted by atomic mass is 127. The Morgan fingerprint density at radius 2 is 1.76 bits per heavy atom. The highest BCUT2D eigenvalue weighted by Gasteiger charge is 2.34. The number of rotatable bonds is 2. The number of alkyl halides is 3. The molecule has 1 aromatic rings. The Labute approximate surface area is 113 Å². The van der Waals surface area contributed by atoms with Crippen molar-refractivity contribution in [1.29, 1.82) is 0 Å². The summed E-state index contributed by atoms with van der Waals surface area (Å²) in [6.45, 7) is 0. The Hall–Kier alpha value is -0.830. The molecule has 0 atom stereocenters. The van der Waals surface area contributed by atoms with Crippen LogP contribution in [0, 0.1) is 10.1 Å². The molecule has 0 aliphatic heterocycles. The number of hydrogen-bond donors (Lipinski definition) is 0. The summed E-state index contributed by atoms with van der Waals surface area (Å²) in [4.78, 5) is 9.71. The number of nitro groups is 1. The molecule has 0 bridgehead atoms. The molecule has 0 aromatic heterocycles. The van der Waals surface area contributed by atoms with Crippen molar-refractivity contribution >= 4 is 44.9 Å². The van der Waals surface area contributed by atoms with Crippen LogP contribution in [0.1, 0.15) is 5.56 Å². The van der Waals surface area contributed by atoms with Crippen LogP contribution in [0.3, 0.4) is 0 Å². The fraction of sp³-hybridized carbons (Fsp3) is 0.111. The minimum absolute atomic E-state index is 0.0824. The molecule has 8 heteroatoms. The molecule has 0 unspecified atom stereocenters. The number of non-ortho nitro benzene ring substituents is 1. The van der Waals surface area contributed by atoms with Crippen molar-refractivity contribution in [2.75, 3.05) is 0 Å². The van der Waals surface area contributed by atoms with E-state index in [1.165, 1.54) is 12.1 Å². The van der Waals surface area contributed by atoms with E-state index in [0.717, 1.165) is 34.7 Å². The standard InChI is InChI=1S/C9H4ClF3INO2/c10-7(8(14)9(11,12)13)5-1-3-6(4-2-5)15(16)17/h1-4H/b8-7+. The van der Waals surface area contributed by atoms with Gasteiger partial charge < -0.3 is 0 Å². The second-order valence-corrected chi connectivity index (χ2v) is 4.39. The van der Waals surface area contributed by atoms with Gasteiger partial charge in [-0.15, -0.1) is 0 Å². The van der Waals surface area contributed by atoms with Crippen LogP contribution in [0.25, 0.3) is 5.03 Å². The van der Waals surface area contributed by atoms with Gasteiger partial charge in [0.05, 0.1) is 9.96 Å². The lowest BCUT2D eigenvalue weighted by molar-refractivity contribution is -0.384. The maximum atomic E-state index is 12.3. The van der Waals surface area contributed by atoms with E-state index in [1.807, 2.05) is 0 Å². The summed E-state index contributed by atoms with van der Waals surface area (Å²) in [7, 11) is 0. The molecule has 3 nitrogen and oxygen atoms in total. The molecular formula is C9H4ClF3INO2. The molecule has 0 saturated heterocycles. The summed E-state index contributed by atoms with van der Waals surface area (Å²) in [6, 6.07) is 4.53. The first-order valence-corrected chi connectivity index (χ1v) is 5.56. The SMILES string of the molecule is O=[N+]([O-])c1ccc(/C(Cl)=C(\I)C(F)(F)F)cc1. The molecule has 0 fully saturated rings. The van der Waals surface area contributed by atoms with Gasteiger partial charge in [-0.1, -0.05) is 11.6 Å². The molecule has 0 amide bonds. The lowest BCUT2D eigenvalue weighted by Gasteiger charge is -2.08. The van der Waals surface area contributed by atoms with Crippen molar-refractivity contribution in [3.63, 3.8) is 0 Å². The van der Waals surface area contributed by atoms with Crippen LogP contribution in [0.2, 0.25) is 0 Å². The molecule has 0 N–H and O–H groups in total. The maximum Gasteiger partial charge on any atom is 0.423 e. The van der Waals surface area contributed by atoms with E-state index in [1.54, 1.807) is 0 Å². The van der Waals surface area contributed by atoms with Gasteiger partial charge in [-0.3, -0.25) is 10.1 Å². The summed E-state index contributed by atoms with van der Waals surface area (Å²) in [5.74, 6) is 0. The summed E-state index contributed by atoms with van der Waals surface area (Å²) in [5, 5.41) is 9.88. The van der Waals surface area contributed by atoms with Crippen molar-refractivity contribution in [3.05, 3.63) is 43.5 Å². The second-order valence-electron chi connectivity index (χ2n) is 2.93. The van der Waals surface area contributed by atoms with Crippen molar-refractivity contribution in [3.8, 4) is 0 Å². The molecule has 92 valence electrons. The minimum Gasteiger partial charge on any atom is -0.258 e. The molecule has 1 rings (SSSR count). The van der Waals surface area contributed by atoms with Crippen LogP contribution in [-0.2, 0) is 0 Å². The van der Waals surface area contributed by atoms with Crippen LogP contribution >= 0.6 is 34.2 Å². The van der Waals surface area contributed by atoms with Crippen molar-refractivity contribution < 1.29 is 18.1 Å². The third kappa shape index (κ3) is 3.56. The third-order valence-electron chi connectivity index (χ3n) is 1.77. The van der Waals surface area contributed by atoms with Crippen molar-refractivity contribution in [1.82, 2.24) is 0 Å². The zero-order chi connectivity index (χ0) is 13.2. The topological polar surface area (TPSA) is 43.1 Å². The van der Waals surface area contributed by atoms with Crippen molar-refractivity contribution in [2.45, 2.75) is 6.18 Å². The molecule has 0 aliphatic carbocycles. The predicted octanol–water partition coefficient (Wildman–Crippen LogP) is 4.50. The van der Waals surface area contributed by atoms with Crippen LogP contribution in [0.4, 0.5) is 18.9 Å². The number of nitrogens with zero attached hydrogens (tertiary/aromatic N) is 1.